The first-order valence-corrected chi connectivity index (χ1v) is 8.97. The zero-order chi connectivity index (χ0) is 15.2. The molecule has 1 rings (SSSR count). The topological polar surface area (TPSA) is 49.4 Å². The molecule has 1 N–H and O–H groups in total. The third-order valence-corrected chi connectivity index (χ3v) is 4.88. The molecule has 2 amide bonds. The van der Waals surface area contributed by atoms with Crippen LogP contribution < -0.4 is 5.32 Å². The number of unbranched alkanes of at least 4 members (excludes halogenated alkanes) is 3. The molecule has 2 unspecified atom stereocenters. The standard InChI is InChI=1S/C15H28N2O2S/c1-5-15(3)14(19)17(12(2)13(18)16-15)10-8-6-7-9-11-20-4/h12H,5-11H2,1-4H3,(H,16,18). The lowest BCUT2D eigenvalue weighted by Gasteiger charge is -2.43. The van der Waals surface area contributed by atoms with Gasteiger partial charge in [0.05, 0.1) is 0 Å². The average Bonchev–Trinajstić information content (AvgIpc) is 2.43. The Morgan fingerprint density at radius 2 is 1.90 bits per heavy atom. The Morgan fingerprint density at radius 1 is 1.25 bits per heavy atom. The Kier molecular flexibility index (Phi) is 6.86. The Labute approximate surface area is 127 Å². The van der Waals surface area contributed by atoms with Crippen molar-refractivity contribution in [3.05, 3.63) is 0 Å². The van der Waals surface area contributed by atoms with E-state index in [4.69, 9.17) is 0 Å². The van der Waals surface area contributed by atoms with Crippen molar-refractivity contribution in [2.24, 2.45) is 0 Å². The molecule has 5 heteroatoms. The summed E-state index contributed by atoms with van der Waals surface area (Å²) in [5, 5.41) is 2.86. The fraction of sp³-hybridized carbons (Fsp3) is 0.867. The first kappa shape index (κ1) is 17.3. The molecule has 1 saturated heterocycles. The van der Waals surface area contributed by atoms with Crippen LogP contribution in [0.5, 0.6) is 0 Å². The van der Waals surface area contributed by atoms with Crippen LogP contribution in [0.3, 0.4) is 0 Å². The quantitative estimate of drug-likeness (QED) is 0.700. The lowest BCUT2D eigenvalue weighted by Crippen LogP contribution is -2.68. The summed E-state index contributed by atoms with van der Waals surface area (Å²) in [5.74, 6) is 1.24. The molecule has 0 aliphatic carbocycles. The molecule has 1 heterocycles. The number of carbonyl (C=O) groups excluding carboxylic acids is 2. The van der Waals surface area contributed by atoms with Crippen molar-refractivity contribution in [3.63, 3.8) is 0 Å². The van der Waals surface area contributed by atoms with Gasteiger partial charge in [-0.25, -0.2) is 0 Å². The van der Waals surface area contributed by atoms with Gasteiger partial charge >= 0.3 is 0 Å². The Morgan fingerprint density at radius 3 is 2.50 bits per heavy atom. The number of hydrogen-bond donors (Lipinski definition) is 1. The van der Waals surface area contributed by atoms with Gasteiger partial charge in [-0.3, -0.25) is 9.59 Å². The summed E-state index contributed by atoms with van der Waals surface area (Å²) in [6.07, 6.45) is 7.30. The normalized spacial score (nSPS) is 26.8. The highest BCUT2D eigenvalue weighted by molar-refractivity contribution is 7.98. The van der Waals surface area contributed by atoms with Crippen LogP contribution >= 0.6 is 11.8 Å². The van der Waals surface area contributed by atoms with Gasteiger partial charge in [-0.05, 0) is 45.1 Å². The van der Waals surface area contributed by atoms with Gasteiger partial charge in [-0.1, -0.05) is 19.8 Å². The van der Waals surface area contributed by atoms with Gasteiger partial charge in [0, 0.05) is 6.54 Å². The van der Waals surface area contributed by atoms with E-state index < -0.39 is 5.54 Å². The summed E-state index contributed by atoms with van der Waals surface area (Å²) in [7, 11) is 0. The molecule has 1 aliphatic rings. The van der Waals surface area contributed by atoms with Gasteiger partial charge in [0.1, 0.15) is 11.6 Å². The van der Waals surface area contributed by atoms with Crippen molar-refractivity contribution in [2.75, 3.05) is 18.6 Å². The Bertz CT molecular complexity index is 349. The van der Waals surface area contributed by atoms with Crippen molar-refractivity contribution in [2.45, 2.75) is 64.5 Å². The lowest BCUT2D eigenvalue weighted by atomic mass is 9.92. The van der Waals surface area contributed by atoms with Crippen molar-refractivity contribution < 1.29 is 9.59 Å². The molecule has 1 aliphatic heterocycles. The second kappa shape index (κ2) is 7.91. The predicted molar refractivity (Wildman–Crippen MR) is 84.9 cm³/mol. The van der Waals surface area contributed by atoms with Crippen LogP contribution in [0.4, 0.5) is 0 Å². The molecule has 20 heavy (non-hydrogen) atoms. The van der Waals surface area contributed by atoms with Crippen LogP contribution in [-0.4, -0.2) is 46.8 Å². The fourth-order valence-corrected chi connectivity index (χ4v) is 2.97. The number of amides is 2. The minimum Gasteiger partial charge on any atom is -0.340 e. The van der Waals surface area contributed by atoms with E-state index in [1.807, 2.05) is 32.5 Å². The maximum atomic E-state index is 12.5. The number of nitrogens with one attached hydrogen (secondary N) is 1. The zero-order valence-electron chi connectivity index (χ0n) is 13.2. The summed E-state index contributed by atoms with van der Waals surface area (Å²) in [6, 6.07) is -0.340. The summed E-state index contributed by atoms with van der Waals surface area (Å²) in [4.78, 5) is 26.3. The number of hydrogen-bond acceptors (Lipinski definition) is 3. The summed E-state index contributed by atoms with van der Waals surface area (Å²) < 4.78 is 0. The molecule has 4 nitrogen and oxygen atoms in total. The molecular weight excluding hydrogens is 272 g/mol. The second-order valence-corrected chi connectivity index (χ2v) is 6.74. The van der Waals surface area contributed by atoms with Crippen LogP contribution in [0, 0.1) is 0 Å². The second-order valence-electron chi connectivity index (χ2n) is 5.76. The van der Waals surface area contributed by atoms with Crippen LogP contribution in [0.15, 0.2) is 0 Å². The molecule has 2 atom stereocenters. The van der Waals surface area contributed by atoms with Gasteiger partial charge in [0.15, 0.2) is 0 Å². The lowest BCUT2D eigenvalue weighted by molar-refractivity contribution is -0.153. The maximum absolute atomic E-state index is 12.5. The van der Waals surface area contributed by atoms with Gasteiger partial charge in [-0.2, -0.15) is 11.8 Å². The summed E-state index contributed by atoms with van der Waals surface area (Å²) in [6.45, 7) is 6.28. The molecule has 0 bridgehead atoms. The molecule has 1 fully saturated rings. The van der Waals surface area contributed by atoms with Gasteiger partial charge < -0.3 is 10.2 Å². The SMILES string of the molecule is CCC1(C)NC(=O)C(C)N(CCCCCCSC)C1=O. The van der Waals surface area contributed by atoms with Gasteiger partial charge in [0.2, 0.25) is 11.8 Å². The molecule has 0 saturated carbocycles. The maximum Gasteiger partial charge on any atom is 0.248 e. The largest absolute Gasteiger partial charge is 0.340 e. The van der Waals surface area contributed by atoms with Crippen LogP contribution in [-0.2, 0) is 9.59 Å². The van der Waals surface area contributed by atoms with Crippen molar-refractivity contribution in [1.82, 2.24) is 10.2 Å². The van der Waals surface area contributed by atoms with E-state index in [9.17, 15) is 9.59 Å². The number of carbonyl (C=O) groups is 2. The van der Waals surface area contributed by atoms with Gasteiger partial charge in [-0.15, -0.1) is 0 Å². The average molecular weight is 300 g/mol. The third-order valence-electron chi connectivity index (χ3n) is 4.18. The van der Waals surface area contributed by atoms with E-state index in [1.54, 1.807) is 4.90 Å². The molecule has 0 aromatic carbocycles. The highest BCUT2D eigenvalue weighted by Gasteiger charge is 2.44. The summed E-state index contributed by atoms with van der Waals surface area (Å²) >= 11 is 1.87. The van der Waals surface area contributed by atoms with Crippen molar-refractivity contribution in [1.29, 1.82) is 0 Å². The minimum atomic E-state index is -0.720. The monoisotopic (exact) mass is 300 g/mol. The van der Waals surface area contributed by atoms with Crippen molar-refractivity contribution in [3.8, 4) is 0 Å². The minimum absolute atomic E-state index is 0.0312. The van der Waals surface area contributed by atoms with Gasteiger partial charge in [0.25, 0.3) is 0 Å². The first-order valence-electron chi connectivity index (χ1n) is 7.58. The van der Waals surface area contributed by atoms with Crippen LogP contribution in [0.2, 0.25) is 0 Å². The molecule has 0 spiro atoms. The fourth-order valence-electron chi connectivity index (χ4n) is 2.48. The molecular formula is C15H28N2O2S. The highest BCUT2D eigenvalue weighted by atomic mass is 32.2. The number of piperazine rings is 1. The summed E-state index contributed by atoms with van der Waals surface area (Å²) in [5.41, 5.74) is -0.720. The first-order chi connectivity index (χ1) is 9.46. The van der Waals surface area contributed by atoms with E-state index >= 15 is 0 Å². The number of nitrogens with zero attached hydrogens (tertiary/aromatic N) is 1. The molecule has 0 radical (unpaired) electrons. The Hall–Kier alpha value is -0.710. The Balaban J connectivity index is 2.49. The highest BCUT2D eigenvalue weighted by Crippen LogP contribution is 2.22. The number of rotatable bonds is 8. The smallest absolute Gasteiger partial charge is 0.248 e. The zero-order valence-corrected chi connectivity index (χ0v) is 14.0. The van der Waals surface area contributed by atoms with E-state index in [0.717, 1.165) is 12.8 Å². The van der Waals surface area contributed by atoms with Crippen molar-refractivity contribution >= 4 is 23.6 Å². The van der Waals surface area contributed by atoms with Crippen LogP contribution in [0.25, 0.3) is 0 Å². The van der Waals surface area contributed by atoms with E-state index in [0.29, 0.717) is 13.0 Å². The van der Waals surface area contributed by atoms with Crippen LogP contribution in [0.1, 0.15) is 52.9 Å². The molecule has 0 aromatic rings. The van der Waals surface area contributed by atoms with E-state index in [-0.39, 0.29) is 17.9 Å². The van der Waals surface area contributed by atoms with E-state index in [1.165, 1.54) is 18.6 Å². The number of thioether (sulfide) groups is 1. The molecule has 116 valence electrons. The third kappa shape index (κ3) is 4.14. The predicted octanol–water partition coefficient (Wildman–Crippen LogP) is 2.43. The van der Waals surface area contributed by atoms with E-state index in [2.05, 4.69) is 11.6 Å². The molecule has 0 aromatic heterocycles.